The Kier molecular flexibility index (Phi) is 1.92. The van der Waals surface area contributed by atoms with Gasteiger partial charge in [-0.05, 0) is 19.3 Å². The summed E-state index contributed by atoms with van der Waals surface area (Å²) in [6, 6.07) is 0. The lowest BCUT2D eigenvalue weighted by Gasteiger charge is -2.37. The van der Waals surface area contributed by atoms with Crippen molar-refractivity contribution in [2.45, 2.75) is 32.6 Å². The third kappa shape index (κ3) is 1.44. The summed E-state index contributed by atoms with van der Waals surface area (Å²) < 4.78 is 1.49. The zero-order valence-corrected chi connectivity index (χ0v) is 7.68. The molecule has 2 rings (SSSR count). The first kappa shape index (κ1) is 7.60. The van der Waals surface area contributed by atoms with Crippen molar-refractivity contribution in [3.8, 4) is 0 Å². The molecule has 0 bridgehead atoms. The van der Waals surface area contributed by atoms with Crippen molar-refractivity contribution in [1.29, 1.82) is 0 Å². The van der Waals surface area contributed by atoms with Gasteiger partial charge in [0.25, 0.3) is 0 Å². The first-order valence-corrected chi connectivity index (χ1v) is 5.16. The van der Waals surface area contributed by atoms with Crippen LogP contribution < -0.4 is 0 Å². The number of hydrogen-bond acceptors (Lipinski definition) is 0. The molecule has 0 aromatic carbocycles. The molecule has 0 radical (unpaired) electrons. The largest absolute Gasteiger partial charge is 0.323 e. The SMILES string of the molecule is CC1CC[N+]2(CCCCC2)C1. The van der Waals surface area contributed by atoms with E-state index in [1.807, 2.05) is 0 Å². The summed E-state index contributed by atoms with van der Waals surface area (Å²) in [6.45, 7) is 8.37. The third-order valence-corrected chi connectivity index (χ3v) is 3.56. The number of nitrogens with zero attached hydrogens (tertiary/aromatic N) is 1. The average molecular weight is 154 g/mol. The summed E-state index contributed by atoms with van der Waals surface area (Å²) in [4.78, 5) is 0. The van der Waals surface area contributed by atoms with Crippen LogP contribution in [0, 0.1) is 5.92 Å². The second-order valence-electron chi connectivity index (χ2n) is 4.65. The van der Waals surface area contributed by atoms with E-state index in [1.165, 1.54) is 56.3 Å². The zero-order chi connectivity index (χ0) is 7.73. The maximum absolute atomic E-state index is 2.42. The van der Waals surface area contributed by atoms with Gasteiger partial charge >= 0.3 is 0 Å². The molecule has 1 atom stereocenters. The highest BCUT2D eigenvalue weighted by Crippen LogP contribution is 2.28. The van der Waals surface area contributed by atoms with Gasteiger partial charge in [-0.2, -0.15) is 0 Å². The Morgan fingerprint density at radius 2 is 1.73 bits per heavy atom. The molecule has 11 heavy (non-hydrogen) atoms. The van der Waals surface area contributed by atoms with Crippen molar-refractivity contribution in [1.82, 2.24) is 0 Å². The fourth-order valence-corrected chi connectivity index (χ4v) is 2.93. The predicted molar refractivity (Wildman–Crippen MR) is 47.4 cm³/mol. The van der Waals surface area contributed by atoms with Crippen molar-refractivity contribution in [2.75, 3.05) is 26.2 Å². The summed E-state index contributed by atoms with van der Waals surface area (Å²) in [5.41, 5.74) is 0. The Morgan fingerprint density at radius 3 is 2.27 bits per heavy atom. The molecular weight excluding hydrogens is 134 g/mol. The standard InChI is InChI=1S/C10H20N/c1-10-5-8-11(9-10)6-3-2-4-7-11/h10H,2-9H2,1H3/q+1. The van der Waals surface area contributed by atoms with Crippen molar-refractivity contribution in [3.05, 3.63) is 0 Å². The van der Waals surface area contributed by atoms with Crippen molar-refractivity contribution in [2.24, 2.45) is 5.92 Å². The highest BCUT2D eigenvalue weighted by atomic mass is 15.4. The first-order valence-electron chi connectivity index (χ1n) is 5.16. The highest BCUT2D eigenvalue weighted by Gasteiger charge is 2.36. The van der Waals surface area contributed by atoms with Crippen LogP contribution >= 0.6 is 0 Å². The van der Waals surface area contributed by atoms with Gasteiger partial charge in [-0.1, -0.05) is 6.92 Å². The first-order chi connectivity index (χ1) is 5.31. The number of piperidine rings is 1. The van der Waals surface area contributed by atoms with Crippen LogP contribution in [0.2, 0.25) is 0 Å². The van der Waals surface area contributed by atoms with Crippen molar-refractivity contribution < 1.29 is 4.48 Å². The minimum absolute atomic E-state index is 1.01. The molecule has 2 fully saturated rings. The van der Waals surface area contributed by atoms with Gasteiger partial charge in [0.1, 0.15) is 0 Å². The van der Waals surface area contributed by atoms with Crippen LogP contribution in [0.25, 0.3) is 0 Å². The quantitative estimate of drug-likeness (QED) is 0.468. The number of rotatable bonds is 0. The predicted octanol–water partition coefficient (Wildman–Crippen LogP) is 2.03. The van der Waals surface area contributed by atoms with Gasteiger partial charge in [0.15, 0.2) is 0 Å². The maximum Gasteiger partial charge on any atom is 0.0814 e. The fraction of sp³-hybridized carbons (Fsp3) is 1.00. The number of quaternary nitrogens is 1. The second-order valence-corrected chi connectivity index (χ2v) is 4.65. The van der Waals surface area contributed by atoms with Crippen LogP contribution in [-0.4, -0.2) is 30.7 Å². The van der Waals surface area contributed by atoms with Crippen LogP contribution in [0.1, 0.15) is 32.6 Å². The Morgan fingerprint density at radius 1 is 1.00 bits per heavy atom. The van der Waals surface area contributed by atoms with Gasteiger partial charge in [-0.3, -0.25) is 0 Å². The van der Waals surface area contributed by atoms with Gasteiger partial charge in [0, 0.05) is 12.3 Å². The van der Waals surface area contributed by atoms with Crippen molar-refractivity contribution in [3.63, 3.8) is 0 Å². The summed E-state index contributed by atoms with van der Waals surface area (Å²) in [7, 11) is 0. The Hall–Kier alpha value is -0.0400. The monoisotopic (exact) mass is 154 g/mol. The molecule has 1 nitrogen and oxygen atoms in total. The van der Waals surface area contributed by atoms with Gasteiger partial charge in [0.05, 0.1) is 26.2 Å². The van der Waals surface area contributed by atoms with Crippen LogP contribution in [0.5, 0.6) is 0 Å². The van der Waals surface area contributed by atoms with E-state index in [0.29, 0.717) is 0 Å². The molecule has 0 aliphatic carbocycles. The summed E-state index contributed by atoms with van der Waals surface area (Å²) in [5, 5.41) is 0. The summed E-state index contributed by atoms with van der Waals surface area (Å²) in [6.07, 6.45) is 5.97. The summed E-state index contributed by atoms with van der Waals surface area (Å²) in [5.74, 6) is 1.01. The minimum Gasteiger partial charge on any atom is -0.323 e. The topological polar surface area (TPSA) is 0 Å². The van der Waals surface area contributed by atoms with Crippen LogP contribution in [0.4, 0.5) is 0 Å². The average Bonchev–Trinajstić information content (AvgIpc) is 2.34. The van der Waals surface area contributed by atoms with Crippen molar-refractivity contribution >= 4 is 0 Å². The molecule has 2 saturated heterocycles. The Labute approximate surface area is 70.0 Å². The molecule has 2 aliphatic heterocycles. The molecule has 1 spiro atoms. The van der Waals surface area contributed by atoms with Gasteiger partial charge in [-0.25, -0.2) is 0 Å². The third-order valence-electron chi connectivity index (χ3n) is 3.56. The number of hydrogen-bond donors (Lipinski definition) is 0. The lowest BCUT2D eigenvalue weighted by molar-refractivity contribution is -0.922. The Balaban J connectivity index is 1.98. The molecule has 64 valence electrons. The van der Waals surface area contributed by atoms with E-state index in [2.05, 4.69) is 6.92 Å². The molecule has 0 saturated carbocycles. The maximum atomic E-state index is 2.42. The zero-order valence-electron chi connectivity index (χ0n) is 7.68. The molecule has 1 unspecified atom stereocenters. The molecule has 0 N–H and O–H groups in total. The normalized spacial score (nSPS) is 36.3. The van der Waals surface area contributed by atoms with E-state index in [9.17, 15) is 0 Å². The fourth-order valence-electron chi connectivity index (χ4n) is 2.93. The Bertz CT molecular complexity index is 130. The molecule has 0 amide bonds. The van der Waals surface area contributed by atoms with E-state index in [4.69, 9.17) is 0 Å². The molecular formula is C10H20N+. The van der Waals surface area contributed by atoms with E-state index in [-0.39, 0.29) is 0 Å². The van der Waals surface area contributed by atoms with Gasteiger partial charge in [-0.15, -0.1) is 0 Å². The molecule has 0 aromatic heterocycles. The second kappa shape index (κ2) is 2.78. The molecule has 0 aromatic rings. The lowest BCUT2D eigenvalue weighted by atomic mass is 10.1. The van der Waals surface area contributed by atoms with Crippen LogP contribution in [0.15, 0.2) is 0 Å². The van der Waals surface area contributed by atoms with E-state index in [1.54, 1.807) is 0 Å². The van der Waals surface area contributed by atoms with Gasteiger partial charge < -0.3 is 4.48 Å². The van der Waals surface area contributed by atoms with Crippen LogP contribution in [0.3, 0.4) is 0 Å². The molecule has 2 heterocycles. The smallest absolute Gasteiger partial charge is 0.0814 e. The van der Waals surface area contributed by atoms with E-state index < -0.39 is 0 Å². The van der Waals surface area contributed by atoms with E-state index in [0.717, 1.165) is 5.92 Å². The van der Waals surface area contributed by atoms with Gasteiger partial charge in [0.2, 0.25) is 0 Å². The molecule has 1 heteroatoms. The van der Waals surface area contributed by atoms with Crippen LogP contribution in [-0.2, 0) is 0 Å². The summed E-state index contributed by atoms with van der Waals surface area (Å²) >= 11 is 0. The van der Waals surface area contributed by atoms with E-state index >= 15 is 0 Å². The minimum atomic E-state index is 1.01. The lowest BCUT2D eigenvalue weighted by Crippen LogP contribution is -2.49. The highest BCUT2D eigenvalue weighted by molar-refractivity contribution is 4.65. The molecule has 2 aliphatic rings.